The maximum Gasteiger partial charge on any atom is 0.260 e. The molecule has 0 bridgehead atoms. The zero-order valence-corrected chi connectivity index (χ0v) is 16.5. The third kappa shape index (κ3) is 4.61. The molecule has 0 radical (unpaired) electrons. The molecule has 1 aromatic heterocycles. The van der Waals surface area contributed by atoms with Gasteiger partial charge in [-0.2, -0.15) is 0 Å². The fourth-order valence-electron chi connectivity index (χ4n) is 2.71. The van der Waals surface area contributed by atoms with Crippen molar-refractivity contribution in [2.75, 3.05) is 32.1 Å². The van der Waals surface area contributed by atoms with Gasteiger partial charge in [0.05, 0.1) is 25.3 Å². The van der Waals surface area contributed by atoms with E-state index in [1.807, 2.05) is 14.1 Å². The Bertz CT molecular complexity index is 977. The average Bonchev–Trinajstić information content (AvgIpc) is 3.02. The van der Waals surface area contributed by atoms with Crippen molar-refractivity contribution >= 4 is 44.2 Å². The minimum absolute atomic E-state index is 0.0681. The number of amides is 1. The van der Waals surface area contributed by atoms with Crippen molar-refractivity contribution in [2.45, 2.75) is 6.42 Å². The summed E-state index contributed by atoms with van der Waals surface area (Å²) < 4.78 is 27.9. The van der Waals surface area contributed by atoms with Gasteiger partial charge in [-0.05, 0) is 24.3 Å². The molecule has 142 valence electrons. The quantitative estimate of drug-likeness (QED) is 0.676. The van der Waals surface area contributed by atoms with Crippen LogP contribution in [0.3, 0.4) is 0 Å². The number of carbonyl (C=O) groups excluding carboxylic acids is 1. The predicted molar refractivity (Wildman–Crippen MR) is 105 cm³/mol. The van der Waals surface area contributed by atoms with Gasteiger partial charge in [0.15, 0.2) is 10.9 Å². The van der Waals surface area contributed by atoms with Crippen LogP contribution < -0.4 is 9.80 Å². The highest BCUT2D eigenvalue weighted by Crippen LogP contribution is 2.32. The summed E-state index contributed by atoms with van der Waals surface area (Å²) in [5, 5.41) is 0.796. The Morgan fingerprint density at radius 3 is 2.74 bits per heavy atom. The Balaban J connectivity index is 1.98. The van der Waals surface area contributed by atoms with Crippen LogP contribution in [-0.2, 0) is 0 Å². The number of hydrogen-bond acceptors (Lipinski definition) is 3. The van der Waals surface area contributed by atoms with E-state index in [-0.39, 0.29) is 11.4 Å². The van der Waals surface area contributed by atoms with E-state index < -0.39 is 11.6 Å². The van der Waals surface area contributed by atoms with E-state index in [1.165, 1.54) is 15.9 Å². The molecule has 27 heavy (non-hydrogen) atoms. The molecule has 0 aliphatic rings. The number of fused-ring (bicyclic) bond motifs is 1. The molecule has 0 atom stereocenters. The summed E-state index contributed by atoms with van der Waals surface area (Å²) in [7, 11) is 4.05. The topological polar surface area (TPSA) is 37.6 Å². The second-order valence-corrected chi connectivity index (χ2v) is 7.95. The fraction of sp³-hybridized carbons (Fsp3) is 0.263. The molecule has 3 rings (SSSR count). The van der Waals surface area contributed by atoms with E-state index in [1.54, 1.807) is 24.3 Å². The molecule has 3 aromatic rings. The number of quaternary nitrogens is 1. The van der Waals surface area contributed by atoms with Crippen LogP contribution in [0, 0.1) is 11.6 Å². The third-order valence-electron chi connectivity index (χ3n) is 4.01. The van der Waals surface area contributed by atoms with Crippen molar-refractivity contribution in [1.82, 2.24) is 4.98 Å². The van der Waals surface area contributed by atoms with E-state index >= 15 is 0 Å². The Kier molecular flexibility index (Phi) is 6.04. The van der Waals surface area contributed by atoms with Gasteiger partial charge in [-0.15, -0.1) is 0 Å². The van der Waals surface area contributed by atoms with Crippen LogP contribution in [0.2, 0.25) is 5.02 Å². The lowest BCUT2D eigenvalue weighted by atomic mass is 10.2. The van der Waals surface area contributed by atoms with E-state index in [0.29, 0.717) is 27.0 Å². The highest BCUT2D eigenvalue weighted by molar-refractivity contribution is 7.22. The number of aromatic nitrogens is 1. The Hall–Kier alpha value is -2.09. The zero-order valence-electron chi connectivity index (χ0n) is 14.9. The van der Waals surface area contributed by atoms with Gasteiger partial charge in [-0.25, -0.2) is 13.8 Å². The molecule has 0 saturated heterocycles. The maximum absolute atomic E-state index is 14.0. The van der Waals surface area contributed by atoms with Crippen molar-refractivity contribution in [3.05, 3.63) is 58.6 Å². The smallest absolute Gasteiger partial charge is 0.260 e. The zero-order chi connectivity index (χ0) is 19.6. The van der Waals surface area contributed by atoms with Crippen LogP contribution in [0.5, 0.6) is 0 Å². The molecule has 4 nitrogen and oxygen atoms in total. The van der Waals surface area contributed by atoms with Gasteiger partial charge >= 0.3 is 0 Å². The number of thiazole rings is 1. The molecule has 0 aliphatic carbocycles. The number of anilines is 1. The summed E-state index contributed by atoms with van der Waals surface area (Å²) in [5.41, 5.74) is 0.490. The largest absolute Gasteiger partial charge is 0.340 e. The number of halogens is 3. The highest BCUT2D eigenvalue weighted by Gasteiger charge is 2.23. The third-order valence-corrected chi connectivity index (χ3v) is 5.27. The summed E-state index contributed by atoms with van der Waals surface area (Å²) in [5.74, 6) is -1.68. The number of benzene rings is 2. The molecule has 0 unspecified atom stereocenters. The van der Waals surface area contributed by atoms with Crippen LogP contribution in [-0.4, -0.2) is 38.1 Å². The SMILES string of the molecule is C[NH+](C)CCCN(C(=O)c1cccc(Cl)c1)c1nc2c(F)cc(F)cc2s1. The summed E-state index contributed by atoms with van der Waals surface area (Å²) in [6.45, 7) is 1.27. The van der Waals surface area contributed by atoms with Gasteiger partial charge in [0, 0.05) is 29.6 Å². The van der Waals surface area contributed by atoms with Crippen molar-refractivity contribution < 1.29 is 18.5 Å². The molecule has 1 amide bonds. The lowest BCUT2D eigenvalue weighted by Crippen LogP contribution is -3.05. The van der Waals surface area contributed by atoms with Crippen LogP contribution in [0.15, 0.2) is 36.4 Å². The first kappa shape index (κ1) is 19.7. The number of hydrogen-bond donors (Lipinski definition) is 1. The average molecular weight is 411 g/mol. The monoisotopic (exact) mass is 410 g/mol. The van der Waals surface area contributed by atoms with E-state index in [4.69, 9.17) is 11.6 Å². The van der Waals surface area contributed by atoms with Gasteiger partial charge < -0.3 is 4.90 Å². The Morgan fingerprint density at radius 1 is 1.26 bits per heavy atom. The van der Waals surface area contributed by atoms with Crippen molar-refractivity contribution in [3.63, 3.8) is 0 Å². The van der Waals surface area contributed by atoms with Gasteiger partial charge in [0.25, 0.3) is 5.91 Å². The Labute approximate surface area is 165 Å². The van der Waals surface area contributed by atoms with Gasteiger partial charge in [0.1, 0.15) is 11.3 Å². The first-order chi connectivity index (χ1) is 12.8. The number of nitrogens with zero attached hydrogens (tertiary/aromatic N) is 2. The van der Waals surface area contributed by atoms with E-state index in [9.17, 15) is 13.6 Å². The maximum atomic E-state index is 14.0. The van der Waals surface area contributed by atoms with Crippen LogP contribution in [0.4, 0.5) is 13.9 Å². The standard InChI is InChI=1S/C19H18ClF2N3OS/c1-24(2)7-4-8-25(18(26)12-5-3-6-13(20)9-12)19-23-17-15(22)10-14(21)11-16(17)27-19/h3,5-6,9-11H,4,7-8H2,1-2H3/p+1. The fourth-order valence-corrected chi connectivity index (χ4v) is 3.93. The van der Waals surface area contributed by atoms with Crippen LogP contribution in [0.1, 0.15) is 16.8 Å². The Morgan fingerprint density at radius 2 is 2.04 bits per heavy atom. The van der Waals surface area contributed by atoms with E-state index in [0.717, 1.165) is 30.4 Å². The first-order valence-corrected chi connectivity index (χ1v) is 9.66. The minimum atomic E-state index is -0.736. The van der Waals surface area contributed by atoms with Gasteiger partial charge in [-0.3, -0.25) is 9.69 Å². The predicted octanol–water partition coefficient (Wildman–Crippen LogP) is 3.41. The highest BCUT2D eigenvalue weighted by atomic mass is 35.5. The van der Waals surface area contributed by atoms with Gasteiger partial charge in [0.2, 0.25) is 0 Å². The van der Waals surface area contributed by atoms with Gasteiger partial charge in [-0.1, -0.05) is 29.0 Å². The molecule has 0 spiro atoms. The molecular formula is C19H19ClF2N3OS+. The van der Waals surface area contributed by atoms with Crippen LogP contribution in [0.25, 0.3) is 10.2 Å². The molecule has 0 fully saturated rings. The summed E-state index contributed by atoms with van der Waals surface area (Å²) >= 11 is 7.10. The molecule has 0 saturated carbocycles. The first-order valence-electron chi connectivity index (χ1n) is 8.47. The normalized spacial score (nSPS) is 11.3. The van der Waals surface area contributed by atoms with E-state index in [2.05, 4.69) is 4.98 Å². The lowest BCUT2D eigenvalue weighted by molar-refractivity contribution is -0.858. The molecule has 0 aliphatic heterocycles. The number of nitrogens with one attached hydrogen (secondary N) is 1. The van der Waals surface area contributed by atoms with Crippen LogP contribution >= 0.6 is 22.9 Å². The summed E-state index contributed by atoms with van der Waals surface area (Å²) in [6, 6.07) is 8.67. The van der Waals surface area contributed by atoms with Crippen molar-refractivity contribution in [2.24, 2.45) is 0 Å². The summed E-state index contributed by atoms with van der Waals surface area (Å²) in [4.78, 5) is 20.1. The van der Waals surface area contributed by atoms with Crippen molar-refractivity contribution in [3.8, 4) is 0 Å². The molecule has 1 heterocycles. The second kappa shape index (κ2) is 8.29. The molecular weight excluding hydrogens is 392 g/mol. The molecule has 2 aromatic carbocycles. The lowest BCUT2D eigenvalue weighted by Gasteiger charge is -2.20. The molecule has 8 heteroatoms. The second-order valence-electron chi connectivity index (χ2n) is 6.51. The number of rotatable bonds is 6. The number of carbonyl (C=O) groups is 1. The minimum Gasteiger partial charge on any atom is -0.340 e. The summed E-state index contributed by atoms with van der Waals surface area (Å²) in [6.07, 6.45) is 0.738. The molecule has 1 N–H and O–H groups in total. The van der Waals surface area contributed by atoms with Crippen molar-refractivity contribution in [1.29, 1.82) is 0 Å².